The first kappa shape index (κ1) is 17.1. The molecule has 7 nitrogen and oxygen atoms in total. The normalized spacial score (nSPS) is 13.6. The number of fused-ring (bicyclic) bond motifs is 1. The minimum absolute atomic E-state index is 0.0133. The largest absolute Gasteiger partial charge is 0.352 e. The maximum absolute atomic E-state index is 13.6. The average Bonchev–Trinajstić information content (AvgIpc) is 2.93. The van der Waals surface area contributed by atoms with Crippen LogP contribution in [0.15, 0.2) is 41.5 Å². The lowest BCUT2D eigenvalue weighted by molar-refractivity contribution is -0.124. The number of halogens is 2. The quantitative estimate of drug-likeness (QED) is 0.769. The Kier molecular flexibility index (Phi) is 4.54. The van der Waals surface area contributed by atoms with Gasteiger partial charge in [-0.1, -0.05) is 17.7 Å². The molecule has 1 aromatic carbocycles. The number of amides is 1. The molecule has 3 aromatic rings. The lowest BCUT2D eigenvalue weighted by Gasteiger charge is -2.17. The van der Waals surface area contributed by atoms with E-state index in [4.69, 9.17) is 11.6 Å². The van der Waals surface area contributed by atoms with Crippen molar-refractivity contribution in [2.75, 3.05) is 0 Å². The third-order valence-electron chi connectivity index (χ3n) is 3.87. The number of hydrogen-bond donors (Lipinski definition) is 1. The second kappa shape index (κ2) is 6.64. The third kappa shape index (κ3) is 3.25. The summed E-state index contributed by atoms with van der Waals surface area (Å²) in [5, 5.41) is 6.80. The Hall–Kier alpha value is -2.74. The number of aromatic nitrogens is 4. The van der Waals surface area contributed by atoms with Crippen LogP contribution in [0.4, 0.5) is 4.39 Å². The molecule has 130 valence electrons. The summed E-state index contributed by atoms with van der Waals surface area (Å²) in [5.74, 6) is -0.774. The Balaban J connectivity index is 1.80. The molecule has 0 saturated heterocycles. The van der Waals surface area contributed by atoms with Crippen molar-refractivity contribution in [3.8, 4) is 0 Å². The minimum Gasteiger partial charge on any atom is -0.348 e. The van der Waals surface area contributed by atoms with Gasteiger partial charge in [0.25, 0.3) is 5.78 Å². The first-order valence-corrected chi connectivity index (χ1v) is 7.93. The molecule has 0 aliphatic heterocycles. The number of hydrogen-bond acceptors (Lipinski definition) is 4. The van der Waals surface area contributed by atoms with Crippen LogP contribution >= 0.6 is 11.6 Å². The standard InChI is InChI=1S/C16H15ClFN5O2/c1-9(11-4-5-12(17)13(18)8-11)20-14(24)10(2)23-16(25)22-7-3-6-19-15(22)21-23/h3-10H,1-2H3,(H,20,24)/t9-,10-/m0/s1. The Morgan fingerprint density at radius 2 is 2.12 bits per heavy atom. The maximum atomic E-state index is 13.6. The van der Waals surface area contributed by atoms with Crippen LogP contribution in [0.2, 0.25) is 5.02 Å². The lowest BCUT2D eigenvalue weighted by Crippen LogP contribution is -2.37. The molecule has 2 atom stereocenters. The van der Waals surface area contributed by atoms with Gasteiger partial charge in [0.2, 0.25) is 5.91 Å². The zero-order chi connectivity index (χ0) is 18.1. The molecule has 0 unspecified atom stereocenters. The first-order chi connectivity index (χ1) is 11.9. The van der Waals surface area contributed by atoms with Crippen LogP contribution in [-0.4, -0.2) is 25.1 Å². The summed E-state index contributed by atoms with van der Waals surface area (Å²) in [7, 11) is 0. The van der Waals surface area contributed by atoms with E-state index < -0.39 is 29.5 Å². The van der Waals surface area contributed by atoms with Gasteiger partial charge in [-0.15, -0.1) is 5.10 Å². The van der Waals surface area contributed by atoms with Crippen molar-refractivity contribution in [2.45, 2.75) is 25.9 Å². The molecule has 0 saturated carbocycles. The average molecular weight is 364 g/mol. The summed E-state index contributed by atoms with van der Waals surface area (Å²) in [6, 6.07) is 4.60. The fourth-order valence-corrected chi connectivity index (χ4v) is 2.52. The molecule has 1 amide bonds. The maximum Gasteiger partial charge on any atom is 0.352 e. The van der Waals surface area contributed by atoms with Gasteiger partial charge in [-0.2, -0.15) is 4.68 Å². The third-order valence-corrected chi connectivity index (χ3v) is 4.18. The van der Waals surface area contributed by atoms with Crippen molar-refractivity contribution in [3.05, 3.63) is 63.5 Å². The summed E-state index contributed by atoms with van der Waals surface area (Å²) in [6.45, 7) is 3.26. The van der Waals surface area contributed by atoms with E-state index in [9.17, 15) is 14.0 Å². The molecule has 0 radical (unpaired) electrons. The van der Waals surface area contributed by atoms with E-state index >= 15 is 0 Å². The monoisotopic (exact) mass is 363 g/mol. The van der Waals surface area contributed by atoms with Crippen molar-refractivity contribution in [1.82, 2.24) is 24.5 Å². The SMILES string of the molecule is C[C@H](NC(=O)[C@H](C)n1nc2ncccn2c1=O)c1ccc(Cl)c(F)c1. The van der Waals surface area contributed by atoms with Crippen molar-refractivity contribution >= 4 is 23.3 Å². The molecule has 25 heavy (non-hydrogen) atoms. The molecular weight excluding hydrogens is 349 g/mol. The van der Waals surface area contributed by atoms with Gasteiger partial charge in [-0.25, -0.2) is 18.6 Å². The van der Waals surface area contributed by atoms with Gasteiger partial charge < -0.3 is 5.32 Å². The number of rotatable bonds is 4. The van der Waals surface area contributed by atoms with E-state index in [-0.39, 0.29) is 10.8 Å². The van der Waals surface area contributed by atoms with Crippen LogP contribution in [-0.2, 0) is 4.79 Å². The van der Waals surface area contributed by atoms with Crippen LogP contribution in [0.3, 0.4) is 0 Å². The van der Waals surface area contributed by atoms with Gasteiger partial charge in [0.05, 0.1) is 11.1 Å². The molecular formula is C16H15ClFN5O2. The molecule has 0 bridgehead atoms. The molecule has 1 N–H and O–H groups in total. The molecule has 2 aromatic heterocycles. The molecule has 0 aliphatic carbocycles. The predicted octanol–water partition coefficient (Wildman–Crippen LogP) is 2.12. The van der Waals surface area contributed by atoms with E-state index in [1.165, 1.54) is 28.9 Å². The van der Waals surface area contributed by atoms with E-state index in [1.807, 2.05) is 0 Å². The smallest absolute Gasteiger partial charge is 0.348 e. The number of nitrogens with one attached hydrogen (secondary N) is 1. The van der Waals surface area contributed by atoms with Gasteiger partial charge in [0.1, 0.15) is 11.9 Å². The van der Waals surface area contributed by atoms with E-state index in [0.29, 0.717) is 5.56 Å². The van der Waals surface area contributed by atoms with Crippen molar-refractivity contribution < 1.29 is 9.18 Å². The molecule has 0 fully saturated rings. The summed E-state index contributed by atoms with van der Waals surface area (Å²) < 4.78 is 15.9. The summed E-state index contributed by atoms with van der Waals surface area (Å²) in [5.41, 5.74) is 0.0994. The fraction of sp³-hybridized carbons (Fsp3) is 0.250. The Labute approximate surface area is 147 Å². The highest BCUT2D eigenvalue weighted by atomic mass is 35.5. The predicted molar refractivity (Wildman–Crippen MR) is 89.9 cm³/mol. The fourth-order valence-electron chi connectivity index (χ4n) is 2.40. The molecule has 0 spiro atoms. The highest BCUT2D eigenvalue weighted by Gasteiger charge is 2.22. The van der Waals surface area contributed by atoms with E-state index in [1.54, 1.807) is 26.0 Å². The number of benzene rings is 1. The van der Waals surface area contributed by atoms with Gasteiger partial charge in [0, 0.05) is 12.4 Å². The Morgan fingerprint density at radius 3 is 2.80 bits per heavy atom. The Morgan fingerprint density at radius 1 is 1.36 bits per heavy atom. The highest BCUT2D eigenvalue weighted by Crippen LogP contribution is 2.20. The second-order valence-corrected chi connectivity index (χ2v) is 6.00. The van der Waals surface area contributed by atoms with Crippen molar-refractivity contribution in [3.63, 3.8) is 0 Å². The first-order valence-electron chi connectivity index (χ1n) is 7.55. The Bertz CT molecular complexity index is 1000. The van der Waals surface area contributed by atoms with Crippen LogP contribution < -0.4 is 11.0 Å². The molecule has 9 heteroatoms. The van der Waals surface area contributed by atoms with Crippen molar-refractivity contribution in [2.24, 2.45) is 0 Å². The van der Waals surface area contributed by atoms with Crippen LogP contribution in [0.25, 0.3) is 5.78 Å². The van der Waals surface area contributed by atoms with E-state index in [0.717, 1.165) is 4.68 Å². The van der Waals surface area contributed by atoms with Gasteiger partial charge in [-0.05, 0) is 37.6 Å². The number of carbonyl (C=O) groups excluding carboxylic acids is 1. The van der Waals surface area contributed by atoms with Gasteiger partial charge >= 0.3 is 5.69 Å². The highest BCUT2D eigenvalue weighted by molar-refractivity contribution is 6.30. The summed E-state index contributed by atoms with van der Waals surface area (Å²) in [4.78, 5) is 28.7. The molecule has 2 heterocycles. The summed E-state index contributed by atoms with van der Waals surface area (Å²) in [6.07, 6.45) is 3.03. The van der Waals surface area contributed by atoms with Crippen LogP contribution in [0.1, 0.15) is 31.5 Å². The van der Waals surface area contributed by atoms with Crippen LogP contribution in [0, 0.1) is 5.82 Å². The van der Waals surface area contributed by atoms with Gasteiger partial charge in [0.15, 0.2) is 0 Å². The zero-order valence-electron chi connectivity index (χ0n) is 13.5. The lowest BCUT2D eigenvalue weighted by atomic mass is 10.1. The van der Waals surface area contributed by atoms with Crippen molar-refractivity contribution in [1.29, 1.82) is 0 Å². The minimum atomic E-state index is -0.853. The molecule has 3 rings (SSSR count). The zero-order valence-corrected chi connectivity index (χ0v) is 14.2. The second-order valence-electron chi connectivity index (χ2n) is 5.60. The van der Waals surface area contributed by atoms with Gasteiger partial charge in [-0.3, -0.25) is 4.79 Å². The van der Waals surface area contributed by atoms with Crippen LogP contribution in [0.5, 0.6) is 0 Å². The van der Waals surface area contributed by atoms with E-state index in [2.05, 4.69) is 15.4 Å². The molecule has 0 aliphatic rings. The summed E-state index contributed by atoms with van der Waals surface area (Å²) >= 11 is 5.66. The topological polar surface area (TPSA) is 81.3 Å². The number of carbonyl (C=O) groups is 1. The number of nitrogens with zero attached hydrogens (tertiary/aromatic N) is 4.